The van der Waals surface area contributed by atoms with Crippen molar-refractivity contribution in [2.24, 2.45) is 0 Å². The van der Waals surface area contributed by atoms with Gasteiger partial charge in [0.1, 0.15) is 0 Å². The van der Waals surface area contributed by atoms with Crippen molar-refractivity contribution >= 4 is 12.1 Å². The minimum Gasteiger partial charge on any atom is -0.328 e. The second-order valence-electron chi connectivity index (χ2n) is 8.41. The Morgan fingerprint density at radius 2 is 1.04 bits per heavy atom. The minimum absolute atomic E-state index is 0.0259. The fourth-order valence-electron chi connectivity index (χ4n) is 2.76. The zero-order valence-corrected chi connectivity index (χ0v) is 16.1. The van der Waals surface area contributed by atoms with Crippen LogP contribution in [-0.4, -0.2) is 83.0 Å². The van der Waals surface area contributed by atoms with E-state index in [0.29, 0.717) is 0 Å². The predicted molar refractivity (Wildman–Crippen MR) is 93.6 cm³/mol. The molecule has 0 aromatic carbocycles. The highest BCUT2D eigenvalue weighted by Gasteiger charge is 2.33. The van der Waals surface area contributed by atoms with E-state index in [-0.39, 0.29) is 23.1 Å². The monoisotopic (exact) mass is 326 g/mol. The van der Waals surface area contributed by atoms with Crippen molar-refractivity contribution in [3.63, 3.8) is 0 Å². The van der Waals surface area contributed by atoms with Gasteiger partial charge in [-0.3, -0.25) is 0 Å². The molecule has 0 aliphatic carbocycles. The van der Waals surface area contributed by atoms with Crippen LogP contribution in [0.2, 0.25) is 0 Å². The van der Waals surface area contributed by atoms with Gasteiger partial charge in [-0.1, -0.05) is 0 Å². The molecule has 2 rings (SSSR count). The molecule has 2 aliphatic rings. The van der Waals surface area contributed by atoms with E-state index in [4.69, 9.17) is 0 Å². The van der Waals surface area contributed by atoms with Gasteiger partial charge in [-0.15, -0.1) is 0 Å². The van der Waals surface area contributed by atoms with Gasteiger partial charge in [0.15, 0.2) is 0 Å². The van der Waals surface area contributed by atoms with E-state index in [1.165, 1.54) is 0 Å². The molecule has 0 N–H and O–H groups in total. The maximum atomic E-state index is 11.6. The van der Waals surface area contributed by atoms with Crippen LogP contribution in [0.4, 0.5) is 9.59 Å². The van der Waals surface area contributed by atoms with Gasteiger partial charge in [-0.2, -0.15) is 0 Å². The fourth-order valence-corrected chi connectivity index (χ4v) is 2.76. The number of likely N-dealkylation sites (N-methyl/N-ethyl adjacent to an activating group) is 1. The molecule has 4 amide bonds. The van der Waals surface area contributed by atoms with E-state index in [1.54, 1.807) is 9.80 Å². The Bertz CT molecular complexity index is 437. The van der Waals surface area contributed by atoms with Crippen LogP contribution in [0.3, 0.4) is 0 Å². The maximum Gasteiger partial charge on any atom is 0.320 e. The summed E-state index contributed by atoms with van der Waals surface area (Å²) in [5.41, 5.74) is -0.0619. The summed E-state index contributed by atoms with van der Waals surface area (Å²) in [4.78, 5) is 30.4. The Morgan fingerprint density at radius 1 is 0.652 bits per heavy atom. The summed E-state index contributed by atoms with van der Waals surface area (Å²) in [7, 11) is 3.70. The smallest absolute Gasteiger partial charge is 0.320 e. The SMILES string of the molecule is CN1CCCN(C(C)(C)C)C1=O.CN1CCN(C(C)(C)C)C1=O. The molecule has 0 radical (unpaired) electrons. The van der Waals surface area contributed by atoms with Crippen molar-refractivity contribution in [1.29, 1.82) is 0 Å². The van der Waals surface area contributed by atoms with E-state index in [1.807, 2.05) is 23.9 Å². The molecular formula is C17H34N4O2. The van der Waals surface area contributed by atoms with Crippen molar-refractivity contribution < 1.29 is 9.59 Å². The largest absolute Gasteiger partial charge is 0.328 e. The van der Waals surface area contributed by atoms with Crippen LogP contribution < -0.4 is 0 Å². The van der Waals surface area contributed by atoms with E-state index in [9.17, 15) is 9.59 Å². The number of carbonyl (C=O) groups is 2. The quantitative estimate of drug-likeness (QED) is 0.687. The summed E-state index contributed by atoms with van der Waals surface area (Å²) < 4.78 is 0. The van der Waals surface area contributed by atoms with Crippen molar-refractivity contribution in [1.82, 2.24) is 19.6 Å². The van der Waals surface area contributed by atoms with Crippen molar-refractivity contribution in [2.75, 3.05) is 40.3 Å². The molecule has 23 heavy (non-hydrogen) atoms. The molecule has 0 aromatic heterocycles. The third-order valence-electron chi connectivity index (χ3n) is 4.27. The average molecular weight is 326 g/mol. The van der Waals surface area contributed by atoms with Gasteiger partial charge in [-0.25, -0.2) is 9.59 Å². The molecule has 2 heterocycles. The Labute approximate surface area is 141 Å². The molecule has 134 valence electrons. The zero-order chi connectivity index (χ0) is 18.0. The molecule has 2 aliphatic heterocycles. The highest BCUT2D eigenvalue weighted by molar-refractivity contribution is 5.77. The van der Waals surface area contributed by atoms with Crippen LogP contribution in [-0.2, 0) is 0 Å². The number of hydrogen-bond acceptors (Lipinski definition) is 2. The highest BCUT2D eigenvalue weighted by Crippen LogP contribution is 2.19. The third kappa shape index (κ3) is 5.01. The van der Waals surface area contributed by atoms with Gasteiger partial charge in [0, 0.05) is 51.4 Å². The molecule has 0 aromatic rings. The first-order valence-electron chi connectivity index (χ1n) is 8.41. The van der Waals surface area contributed by atoms with E-state index in [0.717, 1.165) is 32.6 Å². The average Bonchev–Trinajstić information content (AvgIpc) is 2.72. The van der Waals surface area contributed by atoms with Gasteiger partial charge < -0.3 is 19.6 Å². The second kappa shape index (κ2) is 6.97. The molecule has 0 bridgehead atoms. The van der Waals surface area contributed by atoms with Crippen LogP contribution >= 0.6 is 0 Å². The Balaban J connectivity index is 0.000000231. The normalized spacial score (nSPS) is 20.0. The third-order valence-corrected chi connectivity index (χ3v) is 4.27. The lowest BCUT2D eigenvalue weighted by Gasteiger charge is -2.41. The summed E-state index contributed by atoms with van der Waals surface area (Å²) in [6.45, 7) is 15.9. The highest BCUT2D eigenvalue weighted by atomic mass is 16.2. The molecule has 2 fully saturated rings. The van der Waals surface area contributed by atoms with Gasteiger partial charge in [0.25, 0.3) is 0 Å². The van der Waals surface area contributed by atoms with E-state index < -0.39 is 0 Å². The first kappa shape index (κ1) is 19.6. The summed E-state index contributed by atoms with van der Waals surface area (Å²) >= 11 is 0. The molecule has 0 unspecified atom stereocenters. The molecular weight excluding hydrogens is 292 g/mol. The molecule has 6 nitrogen and oxygen atoms in total. The van der Waals surface area contributed by atoms with Crippen molar-refractivity contribution in [3.8, 4) is 0 Å². The van der Waals surface area contributed by atoms with Crippen molar-refractivity contribution in [2.45, 2.75) is 59.0 Å². The second-order valence-corrected chi connectivity index (χ2v) is 8.41. The molecule has 0 spiro atoms. The van der Waals surface area contributed by atoms with Gasteiger partial charge >= 0.3 is 12.1 Å². The van der Waals surface area contributed by atoms with Gasteiger partial charge in [0.2, 0.25) is 0 Å². The summed E-state index contributed by atoms with van der Waals surface area (Å²) in [5.74, 6) is 0. The minimum atomic E-state index is -0.0359. The molecule has 0 atom stereocenters. The maximum absolute atomic E-state index is 11.6. The summed E-state index contributed by atoms with van der Waals surface area (Å²) in [6.07, 6.45) is 1.08. The van der Waals surface area contributed by atoms with Crippen LogP contribution in [0.1, 0.15) is 48.0 Å². The molecule has 0 saturated carbocycles. The lowest BCUT2D eigenvalue weighted by Crippen LogP contribution is -2.55. The van der Waals surface area contributed by atoms with Crippen molar-refractivity contribution in [3.05, 3.63) is 0 Å². The summed E-state index contributed by atoms with van der Waals surface area (Å²) in [6, 6.07) is 0.311. The first-order chi connectivity index (χ1) is 10.4. The number of rotatable bonds is 0. The molecule has 6 heteroatoms. The molecule has 2 saturated heterocycles. The fraction of sp³-hybridized carbons (Fsp3) is 0.882. The van der Waals surface area contributed by atoms with Crippen LogP contribution in [0.5, 0.6) is 0 Å². The number of urea groups is 2. The van der Waals surface area contributed by atoms with Gasteiger partial charge in [0.05, 0.1) is 0 Å². The van der Waals surface area contributed by atoms with Crippen LogP contribution in [0.25, 0.3) is 0 Å². The lowest BCUT2D eigenvalue weighted by atomic mass is 10.1. The zero-order valence-electron chi connectivity index (χ0n) is 16.1. The van der Waals surface area contributed by atoms with Gasteiger partial charge in [-0.05, 0) is 48.0 Å². The van der Waals surface area contributed by atoms with Crippen LogP contribution in [0, 0.1) is 0 Å². The Kier molecular flexibility index (Phi) is 5.94. The Hall–Kier alpha value is -1.46. The number of nitrogens with zero attached hydrogens (tertiary/aromatic N) is 4. The number of carbonyl (C=O) groups excluding carboxylic acids is 2. The summed E-state index contributed by atoms with van der Waals surface area (Å²) in [5, 5.41) is 0. The Morgan fingerprint density at radius 3 is 1.35 bits per heavy atom. The topological polar surface area (TPSA) is 47.1 Å². The standard InChI is InChI=1S/C9H18N2O.C8H16N2O/c1-9(2,3)11-7-5-6-10(4)8(11)12;1-8(2,3)10-6-5-9(4)7(10)11/h5-7H2,1-4H3;5-6H2,1-4H3. The van der Waals surface area contributed by atoms with E-state index in [2.05, 4.69) is 41.5 Å². The van der Waals surface area contributed by atoms with Crippen LogP contribution in [0.15, 0.2) is 0 Å². The lowest BCUT2D eigenvalue weighted by molar-refractivity contribution is 0.0936. The van der Waals surface area contributed by atoms with E-state index >= 15 is 0 Å². The predicted octanol–water partition coefficient (Wildman–Crippen LogP) is 2.69. The first-order valence-corrected chi connectivity index (χ1v) is 8.41. The number of hydrogen-bond donors (Lipinski definition) is 0. The number of amides is 4.